The summed E-state index contributed by atoms with van der Waals surface area (Å²) in [5, 5.41) is 11.5. The molecule has 1 amide bonds. The standard InChI is InChI=1S/C12H20N2O3/c1-6-12(4,7-13)11(16)14-9(8(2)3)10(15)17-5/h8-9H,6H2,1-5H3,(H,14,16). The quantitative estimate of drug-likeness (QED) is 0.733. The lowest BCUT2D eigenvalue weighted by Crippen LogP contribution is -2.49. The van der Waals surface area contributed by atoms with E-state index in [-0.39, 0.29) is 5.92 Å². The monoisotopic (exact) mass is 240 g/mol. The molecule has 0 radical (unpaired) electrons. The Hall–Kier alpha value is -1.57. The van der Waals surface area contributed by atoms with Crippen LogP contribution in [0.25, 0.3) is 0 Å². The summed E-state index contributed by atoms with van der Waals surface area (Å²) in [5.41, 5.74) is -1.11. The van der Waals surface area contributed by atoms with Crippen LogP contribution in [0.4, 0.5) is 0 Å². The van der Waals surface area contributed by atoms with E-state index < -0.39 is 23.3 Å². The van der Waals surface area contributed by atoms with Crippen LogP contribution in [0.5, 0.6) is 0 Å². The maximum absolute atomic E-state index is 11.9. The van der Waals surface area contributed by atoms with E-state index in [9.17, 15) is 9.59 Å². The normalized spacial score (nSPS) is 15.6. The van der Waals surface area contributed by atoms with Gasteiger partial charge in [0, 0.05) is 0 Å². The minimum absolute atomic E-state index is 0.0915. The van der Waals surface area contributed by atoms with Crippen molar-refractivity contribution in [3.8, 4) is 6.07 Å². The molecule has 96 valence electrons. The molecule has 0 bridgehead atoms. The van der Waals surface area contributed by atoms with Gasteiger partial charge in [-0.25, -0.2) is 4.79 Å². The van der Waals surface area contributed by atoms with Gasteiger partial charge in [0.05, 0.1) is 13.2 Å². The van der Waals surface area contributed by atoms with Crippen LogP contribution in [0.2, 0.25) is 0 Å². The number of methoxy groups -OCH3 is 1. The van der Waals surface area contributed by atoms with Crippen LogP contribution in [-0.2, 0) is 14.3 Å². The summed E-state index contributed by atoms with van der Waals surface area (Å²) in [6, 6.07) is 1.25. The largest absolute Gasteiger partial charge is 0.467 e. The highest BCUT2D eigenvalue weighted by Crippen LogP contribution is 2.20. The average Bonchev–Trinajstić information content (AvgIpc) is 2.33. The highest BCUT2D eigenvalue weighted by Gasteiger charge is 2.35. The first-order chi connectivity index (χ1) is 7.82. The first-order valence-electron chi connectivity index (χ1n) is 5.62. The second-order valence-electron chi connectivity index (χ2n) is 4.52. The number of ether oxygens (including phenoxy) is 1. The Labute approximate surface area is 102 Å². The number of carbonyl (C=O) groups is 2. The molecule has 0 aromatic heterocycles. The van der Waals surface area contributed by atoms with Gasteiger partial charge in [-0.15, -0.1) is 0 Å². The Balaban J connectivity index is 4.86. The molecule has 0 saturated heterocycles. The third kappa shape index (κ3) is 3.74. The fraction of sp³-hybridized carbons (Fsp3) is 0.750. The van der Waals surface area contributed by atoms with E-state index in [2.05, 4.69) is 10.1 Å². The second kappa shape index (κ2) is 6.24. The van der Waals surface area contributed by atoms with Crippen molar-refractivity contribution in [2.75, 3.05) is 7.11 Å². The highest BCUT2D eigenvalue weighted by molar-refractivity contribution is 5.89. The van der Waals surface area contributed by atoms with Crippen LogP contribution in [0.3, 0.4) is 0 Å². The van der Waals surface area contributed by atoms with Crippen LogP contribution in [0, 0.1) is 22.7 Å². The molecule has 2 unspecified atom stereocenters. The molecular weight excluding hydrogens is 220 g/mol. The molecule has 0 aromatic carbocycles. The van der Waals surface area contributed by atoms with Crippen molar-refractivity contribution >= 4 is 11.9 Å². The Kier molecular flexibility index (Phi) is 5.66. The maximum atomic E-state index is 11.9. The van der Waals surface area contributed by atoms with E-state index in [4.69, 9.17) is 5.26 Å². The van der Waals surface area contributed by atoms with Crippen molar-refractivity contribution < 1.29 is 14.3 Å². The highest BCUT2D eigenvalue weighted by atomic mass is 16.5. The minimum atomic E-state index is -1.11. The van der Waals surface area contributed by atoms with Gasteiger partial charge in [0.25, 0.3) is 0 Å². The van der Waals surface area contributed by atoms with Crippen molar-refractivity contribution in [2.45, 2.75) is 40.2 Å². The van der Waals surface area contributed by atoms with Crippen LogP contribution >= 0.6 is 0 Å². The Morgan fingerprint density at radius 2 is 2.00 bits per heavy atom. The first kappa shape index (κ1) is 15.4. The van der Waals surface area contributed by atoms with Gasteiger partial charge in [0.2, 0.25) is 5.91 Å². The first-order valence-corrected chi connectivity index (χ1v) is 5.62. The molecule has 2 atom stereocenters. The zero-order chi connectivity index (χ0) is 13.6. The molecule has 0 saturated carbocycles. The molecule has 1 N–H and O–H groups in total. The molecule has 0 spiro atoms. The summed E-state index contributed by atoms with van der Waals surface area (Å²) in [6.45, 7) is 6.91. The lowest BCUT2D eigenvalue weighted by molar-refractivity contribution is -0.147. The van der Waals surface area contributed by atoms with E-state index in [1.54, 1.807) is 27.7 Å². The van der Waals surface area contributed by atoms with Crippen molar-refractivity contribution in [3.63, 3.8) is 0 Å². The summed E-state index contributed by atoms with van der Waals surface area (Å²) in [5.74, 6) is -1.03. The number of nitriles is 1. The topological polar surface area (TPSA) is 79.2 Å². The summed E-state index contributed by atoms with van der Waals surface area (Å²) >= 11 is 0. The van der Waals surface area contributed by atoms with Gasteiger partial charge in [0.1, 0.15) is 11.5 Å². The Morgan fingerprint density at radius 1 is 1.47 bits per heavy atom. The van der Waals surface area contributed by atoms with Crippen LogP contribution < -0.4 is 5.32 Å². The zero-order valence-electron chi connectivity index (χ0n) is 11.0. The van der Waals surface area contributed by atoms with Crippen LogP contribution in [-0.4, -0.2) is 25.0 Å². The maximum Gasteiger partial charge on any atom is 0.328 e. The summed E-state index contributed by atoms with van der Waals surface area (Å²) in [4.78, 5) is 23.4. The van der Waals surface area contributed by atoms with Gasteiger partial charge in [-0.1, -0.05) is 20.8 Å². The van der Waals surface area contributed by atoms with E-state index >= 15 is 0 Å². The summed E-state index contributed by atoms with van der Waals surface area (Å²) in [6.07, 6.45) is 0.390. The Morgan fingerprint density at radius 3 is 2.29 bits per heavy atom. The number of rotatable bonds is 5. The molecule has 5 heteroatoms. The zero-order valence-corrected chi connectivity index (χ0v) is 11.0. The second-order valence-corrected chi connectivity index (χ2v) is 4.52. The third-order valence-electron chi connectivity index (χ3n) is 2.86. The van der Waals surface area contributed by atoms with E-state index in [0.29, 0.717) is 6.42 Å². The molecule has 17 heavy (non-hydrogen) atoms. The number of nitrogens with zero attached hydrogens (tertiary/aromatic N) is 1. The fourth-order valence-corrected chi connectivity index (χ4v) is 1.22. The number of carbonyl (C=O) groups excluding carboxylic acids is 2. The lowest BCUT2D eigenvalue weighted by Gasteiger charge is -2.25. The van der Waals surface area contributed by atoms with Gasteiger partial charge in [-0.2, -0.15) is 5.26 Å². The van der Waals surface area contributed by atoms with E-state index in [1.165, 1.54) is 7.11 Å². The molecule has 0 aliphatic heterocycles. The summed E-state index contributed by atoms with van der Waals surface area (Å²) in [7, 11) is 1.27. The number of amides is 1. The van der Waals surface area contributed by atoms with Crippen molar-refractivity contribution in [3.05, 3.63) is 0 Å². The smallest absolute Gasteiger partial charge is 0.328 e. The van der Waals surface area contributed by atoms with Gasteiger partial charge >= 0.3 is 5.97 Å². The molecule has 0 aliphatic rings. The van der Waals surface area contributed by atoms with Crippen molar-refractivity contribution in [2.24, 2.45) is 11.3 Å². The molecule has 0 heterocycles. The molecule has 0 fully saturated rings. The molecule has 0 aromatic rings. The Bertz CT molecular complexity index is 333. The molecular formula is C12H20N2O3. The predicted molar refractivity (Wildman–Crippen MR) is 62.8 cm³/mol. The number of hydrogen-bond donors (Lipinski definition) is 1. The number of hydrogen-bond acceptors (Lipinski definition) is 4. The van der Waals surface area contributed by atoms with E-state index in [1.807, 2.05) is 6.07 Å². The van der Waals surface area contributed by atoms with Crippen molar-refractivity contribution in [1.29, 1.82) is 5.26 Å². The molecule has 0 aliphatic carbocycles. The number of nitrogens with one attached hydrogen (secondary N) is 1. The fourth-order valence-electron chi connectivity index (χ4n) is 1.22. The van der Waals surface area contributed by atoms with E-state index in [0.717, 1.165) is 0 Å². The number of esters is 1. The van der Waals surface area contributed by atoms with Gasteiger partial charge in [-0.05, 0) is 19.3 Å². The molecule has 0 rings (SSSR count). The predicted octanol–water partition coefficient (Wildman–Crippen LogP) is 1.24. The SMILES string of the molecule is CCC(C)(C#N)C(=O)NC(C(=O)OC)C(C)C. The van der Waals surface area contributed by atoms with Gasteiger partial charge in [0.15, 0.2) is 0 Å². The summed E-state index contributed by atoms with van der Waals surface area (Å²) < 4.78 is 4.62. The van der Waals surface area contributed by atoms with Gasteiger partial charge in [-0.3, -0.25) is 4.79 Å². The minimum Gasteiger partial charge on any atom is -0.467 e. The van der Waals surface area contributed by atoms with Crippen molar-refractivity contribution in [1.82, 2.24) is 5.32 Å². The van der Waals surface area contributed by atoms with Crippen LogP contribution in [0.15, 0.2) is 0 Å². The lowest BCUT2D eigenvalue weighted by atomic mass is 9.87. The van der Waals surface area contributed by atoms with Gasteiger partial charge < -0.3 is 10.1 Å². The van der Waals surface area contributed by atoms with Crippen LogP contribution in [0.1, 0.15) is 34.1 Å². The average molecular weight is 240 g/mol. The molecule has 5 nitrogen and oxygen atoms in total. The third-order valence-corrected chi connectivity index (χ3v) is 2.86.